The SMILES string of the molecule is CCCNC(Cc1cccc(O)c1)c1ncccc1CC. The fourth-order valence-electron chi connectivity index (χ4n) is 2.57. The quantitative estimate of drug-likeness (QED) is 0.816. The average Bonchev–Trinajstić information content (AvgIpc) is 2.51. The smallest absolute Gasteiger partial charge is 0.115 e. The Morgan fingerprint density at radius 1 is 1.19 bits per heavy atom. The van der Waals surface area contributed by atoms with Gasteiger partial charge in [-0.1, -0.05) is 32.0 Å². The van der Waals surface area contributed by atoms with Gasteiger partial charge in [0.1, 0.15) is 5.75 Å². The number of phenolic OH excluding ortho intramolecular Hbond substituents is 1. The number of aromatic nitrogens is 1. The molecule has 0 bridgehead atoms. The molecule has 3 heteroatoms. The van der Waals surface area contributed by atoms with Gasteiger partial charge in [-0.3, -0.25) is 4.98 Å². The highest BCUT2D eigenvalue weighted by Crippen LogP contribution is 2.22. The van der Waals surface area contributed by atoms with E-state index in [9.17, 15) is 5.11 Å². The number of benzene rings is 1. The summed E-state index contributed by atoms with van der Waals surface area (Å²) in [5, 5.41) is 13.2. The van der Waals surface area contributed by atoms with Crippen molar-refractivity contribution in [3.8, 4) is 5.75 Å². The molecule has 21 heavy (non-hydrogen) atoms. The highest BCUT2D eigenvalue weighted by Gasteiger charge is 2.16. The minimum absolute atomic E-state index is 0.183. The summed E-state index contributed by atoms with van der Waals surface area (Å²) in [5.41, 5.74) is 3.53. The van der Waals surface area contributed by atoms with Gasteiger partial charge < -0.3 is 10.4 Å². The first-order chi connectivity index (χ1) is 10.2. The highest BCUT2D eigenvalue weighted by molar-refractivity contribution is 5.30. The minimum Gasteiger partial charge on any atom is -0.508 e. The van der Waals surface area contributed by atoms with Crippen LogP contribution < -0.4 is 5.32 Å². The maximum absolute atomic E-state index is 9.64. The maximum Gasteiger partial charge on any atom is 0.115 e. The van der Waals surface area contributed by atoms with E-state index >= 15 is 0 Å². The molecule has 2 N–H and O–H groups in total. The van der Waals surface area contributed by atoms with Gasteiger partial charge in [-0.05, 0) is 55.1 Å². The van der Waals surface area contributed by atoms with Crippen molar-refractivity contribution in [1.29, 1.82) is 0 Å². The van der Waals surface area contributed by atoms with Crippen molar-refractivity contribution < 1.29 is 5.11 Å². The van der Waals surface area contributed by atoms with E-state index in [2.05, 4.69) is 36.3 Å². The molecule has 0 saturated carbocycles. The van der Waals surface area contributed by atoms with Crippen LogP contribution in [0.4, 0.5) is 0 Å². The van der Waals surface area contributed by atoms with E-state index in [1.807, 2.05) is 24.4 Å². The van der Waals surface area contributed by atoms with Crippen LogP contribution in [0.3, 0.4) is 0 Å². The minimum atomic E-state index is 0.183. The van der Waals surface area contributed by atoms with Crippen molar-refractivity contribution in [2.45, 2.75) is 39.2 Å². The Morgan fingerprint density at radius 2 is 2.05 bits per heavy atom. The molecular formula is C18H24N2O. The molecule has 112 valence electrons. The molecule has 1 heterocycles. The highest BCUT2D eigenvalue weighted by atomic mass is 16.3. The number of hydrogen-bond acceptors (Lipinski definition) is 3. The number of rotatable bonds is 7. The third-order valence-corrected chi connectivity index (χ3v) is 3.63. The van der Waals surface area contributed by atoms with Gasteiger partial charge >= 0.3 is 0 Å². The second-order valence-electron chi connectivity index (χ2n) is 5.28. The largest absolute Gasteiger partial charge is 0.508 e. The van der Waals surface area contributed by atoms with Crippen molar-refractivity contribution in [2.75, 3.05) is 6.54 Å². The predicted molar refractivity (Wildman–Crippen MR) is 86.5 cm³/mol. The lowest BCUT2D eigenvalue weighted by molar-refractivity contribution is 0.472. The second kappa shape index (κ2) is 7.79. The summed E-state index contributed by atoms with van der Waals surface area (Å²) in [7, 11) is 0. The molecule has 1 aromatic heterocycles. The van der Waals surface area contributed by atoms with Gasteiger partial charge in [0.2, 0.25) is 0 Å². The Hall–Kier alpha value is -1.87. The third-order valence-electron chi connectivity index (χ3n) is 3.63. The molecule has 0 saturated heterocycles. The maximum atomic E-state index is 9.64. The number of hydrogen-bond donors (Lipinski definition) is 2. The Morgan fingerprint density at radius 3 is 2.76 bits per heavy atom. The first-order valence-electron chi connectivity index (χ1n) is 7.69. The molecular weight excluding hydrogens is 260 g/mol. The van der Waals surface area contributed by atoms with E-state index in [0.717, 1.165) is 37.1 Å². The van der Waals surface area contributed by atoms with Gasteiger partial charge in [0.25, 0.3) is 0 Å². The van der Waals surface area contributed by atoms with Crippen LogP contribution in [0.2, 0.25) is 0 Å². The Balaban J connectivity index is 2.25. The lowest BCUT2D eigenvalue weighted by Gasteiger charge is -2.20. The lowest BCUT2D eigenvalue weighted by atomic mass is 9.98. The number of pyridine rings is 1. The van der Waals surface area contributed by atoms with Crippen LogP contribution in [-0.4, -0.2) is 16.6 Å². The summed E-state index contributed by atoms with van der Waals surface area (Å²) in [5.74, 6) is 0.318. The van der Waals surface area contributed by atoms with Crippen LogP contribution in [0.25, 0.3) is 0 Å². The summed E-state index contributed by atoms with van der Waals surface area (Å²) in [6, 6.07) is 11.8. The zero-order chi connectivity index (χ0) is 15.1. The Labute approximate surface area is 127 Å². The number of phenols is 1. The predicted octanol–water partition coefficient (Wildman–Crippen LogP) is 3.63. The number of aryl methyl sites for hydroxylation is 1. The monoisotopic (exact) mass is 284 g/mol. The van der Waals surface area contributed by atoms with Crippen LogP contribution in [0.15, 0.2) is 42.6 Å². The Kier molecular flexibility index (Phi) is 5.76. The molecule has 0 radical (unpaired) electrons. The van der Waals surface area contributed by atoms with E-state index in [1.54, 1.807) is 6.07 Å². The molecule has 0 amide bonds. The molecule has 0 aliphatic rings. The summed E-state index contributed by atoms with van der Waals surface area (Å²) in [6.07, 6.45) is 4.76. The molecule has 0 aliphatic carbocycles. The number of nitrogens with zero attached hydrogens (tertiary/aromatic N) is 1. The van der Waals surface area contributed by atoms with Crippen LogP contribution in [0.1, 0.15) is 43.1 Å². The molecule has 0 fully saturated rings. The van der Waals surface area contributed by atoms with Crippen LogP contribution in [-0.2, 0) is 12.8 Å². The van der Waals surface area contributed by atoms with Crippen LogP contribution >= 0.6 is 0 Å². The first kappa shape index (κ1) is 15.5. The van der Waals surface area contributed by atoms with E-state index in [-0.39, 0.29) is 6.04 Å². The molecule has 1 atom stereocenters. The van der Waals surface area contributed by atoms with Gasteiger partial charge in [0, 0.05) is 6.20 Å². The number of nitrogens with one attached hydrogen (secondary N) is 1. The standard InChI is InChI=1S/C18H24N2O/c1-3-10-19-17(13-14-7-5-9-16(21)12-14)18-15(4-2)8-6-11-20-18/h5-9,11-12,17,19,21H,3-4,10,13H2,1-2H3. The van der Waals surface area contributed by atoms with Gasteiger partial charge in [0.05, 0.1) is 11.7 Å². The normalized spacial score (nSPS) is 12.3. The third kappa shape index (κ3) is 4.30. The van der Waals surface area contributed by atoms with Gasteiger partial charge in [0.15, 0.2) is 0 Å². The number of aromatic hydroxyl groups is 1. The lowest BCUT2D eigenvalue weighted by Crippen LogP contribution is -2.26. The molecule has 3 nitrogen and oxygen atoms in total. The first-order valence-corrected chi connectivity index (χ1v) is 7.69. The van der Waals surface area contributed by atoms with Crippen molar-refractivity contribution in [3.05, 3.63) is 59.4 Å². The van der Waals surface area contributed by atoms with Gasteiger partial charge in [-0.2, -0.15) is 0 Å². The molecule has 2 rings (SSSR count). The van der Waals surface area contributed by atoms with Crippen molar-refractivity contribution in [2.24, 2.45) is 0 Å². The molecule has 0 spiro atoms. The zero-order valence-electron chi connectivity index (χ0n) is 12.8. The van der Waals surface area contributed by atoms with Gasteiger partial charge in [-0.25, -0.2) is 0 Å². The fraction of sp³-hybridized carbons (Fsp3) is 0.389. The fourth-order valence-corrected chi connectivity index (χ4v) is 2.57. The van der Waals surface area contributed by atoms with E-state index in [1.165, 1.54) is 5.56 Å². The van der Waals surface area contributed by atoms with Crippen molar-refractivity contribution >= 4 is 0 Å². The summed E-state index contributed by atoms with van der Waals surface area (Å²) >= 11 is 0. The van der Waals surface area contributed by atoms with Crippen LogP contribution in [0.5, 0.6) is 5.75 Å². The van der Waals surface area contributed by atoms with Crippen LogP contribution in [0, 0.1) is 0 Å². The summed E-state index contributed by atoms with van der Waals surface area (Å²) in [4.78, 5) is 4.60. The topological polar surface area (TPSA) is 45.1 Å². The molecule has 1 unspecified atom stereocenters. The van der Waals surface area contributed by atoms with Crippen molar-refractivity contribution in [3.63, 3.8) is 0 Å². The van der Waals surface area contributed by atoms with E-state index in [4.69, 9.17) is 0 Å². The molecule has 2 aromatic rings. The molecule has 0 aliphatic heterocycles. The van der Waals surface area contributed by atoms with Gasteiger partial charge in [-0.15, -0.1) is 0 Å². The Bertz CT molecular complexity index is 569. The van der Waals surface area contributed by atoms with E-state index in [0.29, 0.717) is 5.75 Å². The van der Waals surface area contributed by atoms with E-state index < -0.39 is 0 Å². The van der Waals surface area contributed by atoms with Crippen molar-refractivity contribution in [1.82, 2.24) is 10.3 Å². The second-order valence-corrected chi connectivity index (χ2v) is 5.28. The summed E-state index contributed by atoms with van der Waals surface area (Å²) < 4.78 is 0. The zero-order valence-corrected chi connectivity index (χ0v) is 12.8. The average molecular weight is 284 g/mol. The summed E-state index contributed by atoms with van der Waals surface area (Å²) in [6.45, 7) is 5.28. The molecule has 1 aromatic carbocycles.